The molecule has 98 valence electrons. The van der Waals surface area contributed by atoms with Crippen LogP contribution in [0.25, 0.3) is 6.08 Å². The number of rotatable bonds is 7. The van der Waals surface area contributed by atoms with Crippen molar-refractivity contribution in [1.29, 1.82) is 0 Å². The van der Waals surface area contributed by atoms with Gasteiger partial charge in [-0.25, -0.2) is 4.79 Å². The van der Waals surface area contributed by atoms with Crippen LogP contribution < -0.4 is 10.4 Å². The fraction of sp³-hybridized carbons (Fsp3) is 0.429. The second kappa shape index (κ2) is 7.48. The van der Waals surface area contributed by atoms with Crippen molar-refractivity contribution in [2.75, 3.05) is 7.11 Å². The van der Waals surface area contributed by atoms with E-state index in [0.29, 0.717) is 17.9 Å². The molecule has 0 aliphatic rings. The van der Waals surface area contributed by atoms with E-state index >= 15 is 0 Å². The molecule has 1 aromatic heterocycles. The Bertz CT molecular complexity index is 471. The molecule has 1 rings (SSSR count). The van der Waals surface area contributed by atoms with Gasteiger partial charge in [0.2, 0.25) is 0 Å². The van der Waals surface area contributed by atoms with Crippen LogP contribution in [0.3, 0.4) is 0 Å². The third kappa shape index (κ3) is 4.99. The fourth-order valence-electron chi connectivity index (χ4n) is 1.48. The average molecular weight is 250 g/mol. The van der Waals surface area contributed by atoms with E-state index in [4.69, 9.17) is 9.15 Å². The Labute approximate surface area is 106 Å². The van der Waals surface area contributed by atoms with E-state index in [1.165, 1.54) is 25.3 Å². The number of carbonyl (C=O) groups excluding carboxylic acids is 1. The molecule has 4 nitrogen and oxygen atoms in total. The summed E-state index contributed by atoms with van der Waals surface area (Å²) in [4.78, 5) is 22.7. The van der Waals surface area contributed by atoms with Crippen molar-refractivity contribution in [2.24, 2.45) is 0 Å². The van der Waals surface area contributed by atoms with E-state index in [1.54, 1.807) is 6.07 Å². The molecule has 4 heteroatoms. The van der Waals surface area contributed by atoms with Crippen molar-refractivity contribution in [2.45, 2.75) is 32.6 Å². The zero-order valence-electron chi connectivity index (χ0n) is 10.8. The van der Waals surface area contributed by atoms with Crippen molar-refractivity contribution in [3.8, 4) is 5.75 Å². The molecule has 0 saturated heterocycles. The predicted octanol–water partition coefficient (Wildman–Crippen LogP) is 2.81. The van der Waals surface area contributed by atoms with Crippen LogP contribution in [0, 0.1) is 0 Å². The monoisotopic (exact) mass is 250 g/mol. The Balaban J connectivity index is 2.63. The first-order chi connectivity index (χ1) is 8.65. The fourth-order valence-corrected chi connectivity index (χ4v) is 1.48. The van der Waals surface area contributed by atoms with Crippen LogP contribution in [-0.4, -0.2) is 12.9 Å². The number of allylic oxidation sites excluding steroid dienone is 1. The van der Waals surface area contributed by atoms with E-state index in [1.807, 2.05) is 0 Å². The number of unbranched alkanes of at least 4 members (excludes halogenated alkanes) is 2. The Kier molecular flexibility index (Phi) is 5.91. The van der Waals surface area contributed by atoms with Gasteiger partial charge in [-0.1, -0.05) is 19.8 Å². The lowest BCUT2D eigenvalue weighted by atomic mass is 10.1. The van der Waals surface area contributed by atoms with E-state index in [0.717, 1.165) is 19.3 Å². The quantitative estimate of drug-likeness (QED) is 0.551. The third-order valence-corrected chi connectivity index (χ3v) is 2.46. The average Bonchev–Trinajstić information content (AvgIpc) is 2.36. The van der Waals surface area contributed by atoms with E-state index in [-0.39, 0.29) is 5.78 Å². The maximum absolute atomic E-state index is 11.5. The van der Waals surface area contributed by atoms with Gasteiger partial charge in [0, 0.05) is 12.5 Å². The van der Waals surface area contributed by atoms with Gasteiger partial charge in [0.1, 0.15) is 11.5 Å². The second-order valence-electron chi connectivity index (χ2n) is 3.98. The summed E-state index contributed by atoms with van der Waals surface area (Å²) in [6.07, 6.45) is 6.49. The molecule has 0 atom stereocenters. The molecule has 0 unspecified atom stereocenters. The maximum Gasteiger partial charge on any atom is 0.339 e. The topological polar surface area (TPSA) is 56.5 Å². The number of carbonyl (C=O) groups is 1. The summed E-state index contributed by atoms with van der Waals surface area (Å²) in [7, 11) is 1.47. The van der Waals surface area contributed by atoms with Gasteiger partial charge < -0.3 is 9.15 Å². The summed E-state index contributed by atoms with van der Waals surface area (Å²) in [5, 5.41) is 0. The lowest BCUT2D eigenvalue weighted by Gasteiger charge is -1.98. The Morgan fingerprint density at radius 1 is 1.39 bits per heavy atom. The maximum atomic E-state index is 11.5. The molecule has 1 heterocycles. The van der Waals surface area contributed by atoms with Crippen molar-refractivity contribution in [1.82, 2.24) is 0 Å². The van der Waals surface area contributed by atoms with Gasteiger partial charge in [0.15, 0.2) is 5.78 Å². The molecular formula is C14H18O4. The molecule has 0 aliphatic carbocycles. The number of ketones is 1. The van der Waals surface area contributed by atoms with Crippen LogP contribution >= 0.6 is 0 Å². The van der Waals surface area contributed by atoms with Crippen LogP contribution in [0.15, 0.2) is 27.4 Å². The lowest BCUT2D eigenvalue weighted by Crippen LogP contribution is -1.99. The molecule has 0 bridgehead atoms. The van der Waals surface area contributed by atoms with Gasteiger partial charge in [-0.2, -0.15) is 0 Å². The summed E-state index contributed by atoms with van der Waals surface area (Å²) in [5.74, 6) is 0.779. The SMILES string of the molecule is CCCCCC(=O)/C=C/c1cc(OC)cc(=O)o1. The summed E-state index contributed by atoms with van der Waals surface area (Å²) in [6, 6.07) is 2.82. The molecule has 0 fully saturated rings. The zero-order chi connectivity index (χ0) is 13.4. The first kappa shape index (κ1) is 14.2. The van der Waals surface area contributed by atoms with Crippen molar-refractivity contribution >= 4 is 11.9 Å². The van der Waals surface area contributed by atoms with Crippen LogP contribution in [0.1, 0.15) is 38.4 Å². The highest BCUT2D eigenvalue weighted by molar-refractivity contribution is 5.93. The van der Waals surface area contributed by atoms with Gasteiger partial charge in [-0.15, -0.1) is 0 Å². The van der Waals surface area contributed by atoms with E-state index in [2.05, 4.69) is 6.92 Å². The zero-order valence-corrected chi connectivity index (χ0v) is 10.8. The van der Waals surface area contributed by atoms with Crippen LogP contribution in [-0.2, 0) is 4.79 Å². The molecule has 0 amide bonds. The summed E-state index contributed by atoms with van der Waals surface area (Å²) >= 11 is 0. The minimum Gasteiger partial charge on any atom is -0.496 e. The Morgan fingerprint density at radius 3 is 2.83 bits per heavy atom. The first-order valence-electron chi connectivity index (χ1n) is 6.05. The molecular weight excluding hydrogens is 232 g/mol. The highest BCUT2D eigenvalue weighted by Gasteiger charge is 2.00. The third-order valence-electron chi connectivity index (χ3n) is 2.46. The first-order valence-corrected chi connectivity index (χ1v) is 6.05. The molecule has 0 aliphatic heterocycles. The van der Waals surface area contributed by atoms with Crippen LogP contribution in [0.5, 0.6) is 5.75 Å². The van der Waals surface area contributed by atoms with Gasteiger partial charge >= 0.3 is 5.63 Å². The highest BCUT2D eigenvalue weighted by atomic mass is 16.5. The van der Waals surface area contributed by atoms with Crippen LogP contribution in [0.2, 0.25) is 0 Å². The standard InChI is InChI=1S/C14H18O4/c1-3-4-5-6-11(15)7-8-12-9-13(17-2)10-14(16)18-12/h7-10H,3-6H2,1-2H3/b8-7+. The lowest BCUT2D eigenvalue weighted by molar-refractivity contribution is -0.114. The molecule has 0 spiro atoms. The van der Waals surface area contributed by atoms with E-state index < -0.39 is 5.63 Å². The largest absolute Gasteiger partial charge is 0.496 e. The van der Waals surface area contributed by atoms with Crippen molar-refractivity contribution in [3.63, 3.8) is 0 Å². The molecule has 1 aromatic rings. The number of hydrogen-bond acceptors (Lipinski definition) is 4. The van der Waals surface area contributed by atoms with Gasteiger partial charge in [0.25, 0.3) is 0 Å². The van der Waals surface area contributed by atoms with Crippen molar-refractivity contribution < 1.29 is 13.9 Å². The second-order valence-corrected chi connectivity index (χ2v) is 3.98. The summed E-state index contributed by atoms with van der Waals surface area (Å²) in [5.41, 5.74) is -0.493. The smallest absolute Gasteiger partial charge is 0.339 e. The Morgan fingerprint density at radius 2 is 2.17 bits per heavy atom. The summed E-state index contributed by atoms with van der Waals surface area (Å²) in [6.45, 7) is 2.09. The Hall–Kier alpha value is -1.84. The molecule has 0 radical (unpaired) electrons. The predicted molar refractivity (Wildman–Crippen MR) is 69.7 cm³/mol. The minimum atomic E-state index is -0.493. The summed E-state index contributed by atoms with van der Waals surface area (Å²) < 4.78 is 9.86. The van der Waals surface area contributed by atoms with Gasteiger partial charge in [0.05, 0.1) is 13.2 Å². The minimum absolute atomic E-state index is 0.0360. The molecule has 0 N–H and O–H groups in total. The van der Waals surface area contributed by atoms with E-state index in [9.17, 15) is 9.59 Å². The number of methoxy groups -OCH3 is 1. The van der Waals surface area contributed by atoms with Crippen molar-refractivity contribution in [3.05, 3.63) is 34.4 Å². The highest BCUT2D eigenvalue weighted by Crippen LogP contribution is 2.11. The van der Waals surface area contributed by atoms with Gasteiger partial charge in [-0.3, -0.25) is 4.79 Å². The molecule has 18 heavy (non-hydrogen) atoms. The normalized spacial score (nSPS) is 10.8. The molecule has 0 aromatic carbocycles. The molecule has 0 saturated carbocycles. The number of hydrogen-bond donors (Lipinski definition) is 0. The number of ether oxygens (including phenoxy) is 1. The van der Waals surface area contributed by atoms with Crippen LogP contribution in [0.4, 0.5) is 0 Å². The van der Waals surface area contributed by atoms with Gasteiger partial charge in [-0.05, 0) is 18.6 Å².